The Morgan fingerprint density at radius 2 is 1.90 bits per heavy atom. The molecule has 1 unspecified atom stereocenters. The fourth-order valence-corrected chi connectivity index (χ4v) is 2.12. The van der Waals surface area contributed by atoms with Gasteiger partial charge >= 0.3 is 0 Å². The highest BCUT2D eigenvalue weighted by molar-refractivity contribution is 5.85. The minimum atomic E-state index is -0.0415. The van der Waals surface area contributed by atoms with Crippen molar-refractivity contribution >= 4 is 18.3 Å². The molecule has 5 heteroatoms. The Bertz CT molecular complexity index is 374. The van der Waals surface area contributed by atoms with Gasteiger partial charge in [-0.25, -0.2) is 0 Å². The number of ether oxygens (including phenoxy) is 1. The molecule has 0 heterocycles. The van der Waals surface area contributed by atoms with Crippen LogP contribution in [0.3, 0.4) is 0 Å². The Labute approximate surface area is 134 Å². The van der Waals surface area contributed by atoms with Crippen molar-refractivity contribution in [3.05, 3.63) is 35.9 Å². The van der Waals surface area contributed by atoms with Crippen LogP contribution in [0.25, 0.3) is 0 Å². The van der Waals surface area contributed by atoms with E-state index in [0.29, 0.717) is 13.2 Å². The SMILES string of the molecule is CCCC(C(=O)NCCNCCOC)c1ccccc1.Cl. The van der Waals surface area contributed by atoms with E-state index in [1.165, 1.54) is 0 Å². The number of nitrogens with one attached hydrogen (secondary N) is 2. The van der Waals surface area contributed by atoms with E-state index in [2.05, 4.69) is 17.6 Å². The summed E-state index contributed by atoms with van der Waals surface area (Å²) in [6.07, 6.45) is 1.88. The van der Waals surface area contributed by atoms with E-state index in [4.69, 9.17) is 4.74 Å². The third kappa shape index (κ3) is 8.05. The molecule has 1 amide bonds. The van der Waals surface area contributed by atoms with Gasteiger partial charge in [-0.1, -0.05) is 43.7 Å². The number of benzene rings is 1. The van der Waals surface area contributed by atoms with Crippen LogP contribution < -0.4 is 10.6 Å². The predicted octanol–water partition coefficient (Wildman–Crippen LogP) is 2.34. The van der Waals surface area contributed by atoms with E-state index in [9.17, 15) is 4.79 Å². The topological polar surface area (TPSA) is 50.4 Å². The summed E-state index contributed by atoms with van der Waals surface area (Å²) in [4.78, 5) is 12.3. The van der Waals surface area contributed by atoms with Gasteiger partial charge in [-0.3, -0.25) is 4.79 Å². The monoisotopic (exact) mass is 314 g/mol. The summed E-state index contributed by atoms with van der Waals surface area (Å²) in [5, 5.41) is 6.21. The third-order valence-electron chi connectivity index (χ3n) is 3.18. The summed E-state index contributed by atoms with van der Waals surface area (Å²) in [6.45, 7) is 5.02. The molecular weight excluding hydrogens is 288 g/mol. The van der Waals surface area contributed by atoms with E-state index < -0.39 is 0 Å². The van der Waals surface area contributed by atoms with Gasteiger partial charge in [-0.05, 0) is 12.0 Å². The maximum absolute atomic E-state index is 12.3. The second-order valence-electron chi connectivity index (χ2n) is 4.79. The first kappa shape index (κ1) is 19.9. The van der Waals surface area contributed by atoms with Crippen LogP contribution in [0.2, 0.25) is 0 Å². The van der Waals surface area contributed by atoms with Gasteiger partial charge in [0.2, 0.25) is 5.91 Å². The zero-order valence-electron chi connectivity index (χ0n) is 12.9. The molecule has 0 aromatic heterocycles. The van der Waals surface area contributed by atoms with Crippen LogP contribution in [-0.4, -0.2) is 39.3 Å². The summed E-state index contributed by atoms with van der Waals surface area (Å²) < 4.78 is 4.95. The quantitative estimate of drug-likeness (QED) is 0.652. The summed E-state index contributed by atoms with van der Waals surface area (Å²) in [7, 11) is 1.68. The van der Waals surface area contributed by atoms with Crippen molar-refractivity contribution in [2.75, 3.05) is 33.4 Å². The van der Waals surface area contributed by atoms with Crippen molar-refractivity contribution in [1.82, 2.24) is 10.6 Å². The smallest absolute Gasteiger partial charge is 0.227 e. The van der Waals surface area contributed by atoms with Crippen LogP contribution in [0.15, 0.2) is 30.3 Å². The molecule has 0 saturated heterocycles. The van der Waals surface area contributed by atoms with Gasteiger partial charge in [0.1, 0.15) is 0 Å². The van der Waals surface area contributed by atoms with E-state index in [1.54, 1.807) is 7.11 Å². The highest BCUT2D eigenvalue weighted by Gasteiger charge is 2.18. The van der Waals surface area contributed by atoms with Gasteiger partial charge in [0.25, 0.3) is 0 Å². The standard InChI is InChI=1S/C16H26N2O2.ClH/c1-3-7-15(14-8-5-4-6-9-14)16(19)18-11-10-17-12-13-20-2;/h4-6,8-9,15,17H,3,7,10-13H2,1-2H3,(H,18,19);1H. The summed E-state index contributed by atoms with van der Waals surface area (Å²) in [5.41, 5.74) is 1.10. The Balaban J connectivity index is 0.00000400. The highest BCUT2D eigenvalue weighted by atomic mass is 35.5. The average Bonchev–Trinajstić information content (AvgIpc) is 2.49. The minimum Gasteiger partial charge on any atom is -0.383 e. The average molecular weight is 315 g/mol. The van der Waals surface area contributed by atoms with Gasteiger partial charge in [0.15, 0.2) is 0 Å². The van der Waals surface area contributed by atoms with Crippen LogP contribution in [0, 0.1) is 0 Å². The molecule has 1 aromatic rings. The van der Waals surface area contributed by atoms with Crippen LogP contribution in [-0.2, 0) is 9.53 Å². The molecule has 1 rings (SSSR count). The lowest BCUT2D eigenvalue weighted by molar-refractivity contribution is -0.122. The lowest BCUT2D eigenvalue weighted by Crippen LogP contribution is -2.35. The van der Waals surface area contributed by atoms with Crippen molar-refractivity contribution in [3.8, 4) is 0 Å². The maximum atomic E-state index is 12.3. The molecule has 120 valence electrons. The van der Waals surface area contributed by atoms with Crippen LogP contribution in [0.1, 0.15) is 31.2 Å². The van der Waals surface area contributed by atoms with Gasteiger partial charge in [0.05, 0.1) is 12.5 Å². The van der Waals surface area contributed by atoms with Gasteiger partial charge in [0, 0.05) is 26.7 Å². The molecule has 1 atom stereocenters. The van der Waals surface area contributed by atoms with Crippen LogP contribution in [0.5, 0.6) is 0 Å². The Morgan fingerprint density at radius 3 is 2.52 bits per heavy atom. The third-order valence-corrected chi connectivity index (χ3v) is 3.18. The van der Waals surface area contributed by atoms with Crippen LogP contribution >= 0.6 is 12.4 Å². The zero-order valence-corrected chi connectivity index (χ0v) is 13.7. The van der Waals surface area contributed by atoms with Crippen molar-refractivity contribution in [2.24, 2.45) is 0 Å². The first-order valence-corrected chi connectivity index (χ1v) is 7.32. The second kappa shape index (κ2) is 12.6. The lowest BCUT2D eigenvalue weighted by Gasteiger charge is -2.16. The van der Waals surface area contributed by atoms with Crippen LogP contribution in [0.4, 0.5) is 0 Å². The van der Waals surface area contributed by atoms with Gasteiger partial charge < -0.3 is 15.4 Å². The number of hydrogen-bond acceptors (Lipinski definition) is 3. The Morgan fingerprint density at radius 1 is 1.19 bits per heavy atom. The Kier molecular flexibility index (Phi) is 12.0. The van der Waals surface area contributed by atoms with Crippen molar-refractivity contribution in [2.45, 2.75) is 25.7 Å². The number of carbonyl (C=O) groups excluding carboxylic acids is 1. The molecule has 0 aliphatic heterocycles. The lowest BCUT2D eigenvalue weighted by atomic mass is 9.94. The summed E-state index contributed by atoms with van der Waals surface area (Å²) in [5.74, 6) is 0.0757. The molecule has 2 N–H and O–H groups in total. The molecule has 0 aliphatic carbocycles. The summed E-state index contributed by atoms with van der Waals surface area (Å²) in [6, 6.07) is 9.99. The molecular formula is C16H27ClN2O2. The van der Waals surface area contributed by atoms with E-state index in [1.807, 2.05) is 30.3 Å². The molecule has 1 aromatic carbocycles. The number of methoxy groups -OCH3 is 1. The number of halogens is 1. The number of rotatable bonds is 10. The van der Waals surface area contributed by atoms with Crippen molar-refractivity contribution in [1.29, 1.82) is 0 Å². The Hall–Kier alpha value is -1.10. The van der Waals surface area contributed by atoms with Gasteiger partial charge in [-0.15, -0.1) is 12.4 Å². The molecule has 21 heavy (non-hydrogen) atoms. The molecule has 0 bridgehead atoms. The first-order valence-electron chi connectivity index (χ1n) is 7.32. The molecule has 0 fully saturated rings. The van der Waals surface area contributed by atoms with E-state index >= 15 is 0 Å². The number of amides is 1. The fourth-order valence-electron chi connectivity index (χ4n) is 2.12. The summed E-state index contributed by atoms with van der Waals surface area (Å²) >= 11 is 0. The molecule has 0 aliphatic rings. The zero-order chi connectivity index (χ0) is 14.6. The normalized spacial score (nSPS) is 11.5. The molecule has 0 radical (unpaired) electrons. The molecule has 4 nitrogen and oxygen atoms in total. The number of carbonyl (C=O) groups is 1. The number of hydrogen-bond donors (Lipinski definition) is 2. The highest BCUT2D eigenvalue weighted by Crippen LogP contribution is 2.21. The fraction of sp³-hybridized carbons (Fsp3) is 0.562. The first-order chi connectivity index (χ1) is 9.79. The molecule has 0 spiro atoms. The second-order valence-corrected chi connectivity index (χ2v) is 4.79. The van der Waals surface area contributed by atoms with Gasteiger partial charge in [-0.2, -0.15) is 0 Å². The predicted molar refractivity (Wildman–Crippen MR) is 89.1 cm³/mol. The van der Waals surface area contributed by atoms with E-state index in [-0.39, 0.29) is 24.2 Å². The van der Waals surface area contributed by atoms with Crippen molar-refractivity contribution in [3.63, 3.8) is 0 Å². The maximum Gasteiger partial charge on any atom is 0.227 e. The largest absolute Gasteiger partial charge is 0.383 e. The van der Waals surface area contributed by atoms with Crippen molar-refractivity contribution < 1.29 is 9.53 Å². The van der Waals surface area contributed by atoms with E-state index in [0.717, 1.165) is 31.5 Å². The minimum absolute atomic E-state index is 0. The molecule has 0 saturated carbocycles.